The van der Waals surface area contributed by atoms with Crippen LogP contribution >= 0.6 is 0 Å². The molecule has 1 fully saturated rings. The van der Waals surface area contributed by atoms with Crippen molar-refractivity contribution in [3.8, 4) is 5.75 Å². The summed E-state index contributed by atoms with van der Waals surface area (Å²) in [4.78, 5) is 14.8. The van der Waals surface area contributed by atoms with Gasteiger partial charge in [0.25, 0.3) is 0 Å². The number of amides is 2. The van der Waals surface area contributed by atoms with Crippen LogP contribution in [-0.4, -0.2) is 67.9 Å². The fourth-order valence-electron chi connectivity index (χ4n) is 2.55. The fraction of sp³-hybridized carbons (Fsp3) is 0.562. The molecule has 1 heterocycles. The molecule has 1 aliphatic heterocycles. The van der Waals surface area contributed by atoms with Gasteiger partial charge in [-0.25, -0.2) is 4.79 Å². The van der Waals surface area contributed by atoms with Crippen LogP contribution in [0.1, 0.15) is 6.42 Å². The number of likely N-dealkylation sites (N-methyl/N-ethyl adjacent to an activating group) is 1. The van der Waals surface area contributed by atoms with Crippen LogP contribution in [0.15, 0.2) is 30.3 Å². The van der Waals surface area contributed by atoms with E-state index in [1.54, 1.807) is 7.05 Å². The third kappa shape index (κ3) is 6.27. The third-order valence-electron chi connectivity index (χ3n) is 3.79. The second kappa shape index (κ2) is 8.23. The van der Waals surface area contributed by atoms with Gasteiger partial charge in [-0.3, -0.25) is 4.90 Å². The van der Waals surface area contributed by atoms with E-state index >= 15 is 0 Å². The highest BCUT2D eigenvalue weighted by atomic mass is 19.4. The Kier molecular flexibility index (Phi) is 6.30. The summed E-state index contributed by atoms with van der Waals surface area (Å²) in [5.41, 5.74) is 0. The molecule has 0 saturated carbocycles. The number of alkyl halides is 3. The fourth-order valence-corrected chi connectivity index (χ4v) is 2.55. The van der Waals surface area contributed by atoms with Gasteiger partial charge in [0.15, 0.2) is 0 Å². The first-order valence-electron chi connectivity index (χ1n) is 7.82. The summed E-state index contributed by atoms with van der Waals surface area (Å²) in [6, 6.07) is 8.71. The summed E-state index contributed by atoms with van der Waals surface area (Å²) in [6.07, 6.45) is -3.68. The number of halogens is 3. The molecule has 1 aromatic carbocycles. The van der Waals surface area contributed by atoms with Crippen LogP contribution in [0.5, 0.6) is 5.75 Å². The second-order valence-electron chi connectivity index (χ2n) is 5.87. The maximum Gasteiger partial charge on any atom is 0.401 e. The molecule has 1 aromatic rings. The Morgan fingerprint density at radius 2 is 2.08 bits per heavy atom. The molecule has 24 heavy (non-hydrogen) atoms. The summed E-state index contributed by atoms with van der Waals surface area (Å²) in [6.45, 7) is 0.365. The molecule has 1 saturated heterocycles. The van der Waals surface area contributed by atoms with Crippen LogP contribution < -0.4 is 10.1 Å². The molecule has 0 radical (unpaired) electrons. The van der Waals surface area contributed by atoms with Crippen LogP contribution in [0.3, 0.4) is 0 Å². The number of ether oxygens (including phenoxy) is 1. The van der Waals surface area contributed by atoms with E-state index in [4.69, 9.17) is 4.74 Å². The molecule has 1 aliphatic rings. The minimum atomic E-state index is -4.20. The van der Waals surface area contributed by atoms with Crippen molar-refractivity contribution in [3.63, 3.8) is 0 Å². The van der Waals surface area contributed by atoms with Gasteiger partial charge in [0.1, 0.15) is 12.4 Å². The monoisotopic (exact) mass is 345 g/mol. The van der Waals surface area contributed by atoms with Gasteiger partial charge in [0.2, 0.25) is 0 Å². The number of nitrogens with one attached hydrogen (secondary N) is 1. The first-order chi connectivity index (χ1) is 11.3. The minimum absolute atomic E-state index is 0.222. The quantitative estimate of drug-likeness (QED) is 0.861. The predicted octanol–water partition coefficient (Wildman–Crippen LogP) is 2.34. The Morgan fingerprint density at radius 3 is 2.75 bits per heavy atom. The Bertz CT molecular complexity index is 525. The molecular formula is C16H22F3N3O2. The van der Waals surface area contributed by atoms with Gasteiger partial charge in [-0.2, -0.15) is 13.2 Å². The highest BCUT2D eigenvalue weighted by Gasteiger charge is 2.34. The van der Waals surface area contributed by atoms with Crippen molar-refractivity contribution in [2.45, 2.75) is 18.6 Å². The van der Waals surface area contributed by atoms with Gasteiger partial charge >= 0.3 is 12.2 Å². The molecule has 0 unspecified atom stereocenters. The normalized spacial score (nSPS) is 18.4. The molecule has 0 aliphatic carbocycles. The molecule has 134 valence electrons. The van der Waals surface area contributed by atoms with Crippen LogP contribution in [0.2, 0.25) is 0 Å². The Hall–Kier alpha value is -1.96. The number of urea groups is 1. The van der Waals surface area contributed by atoms with E-state index in [1.807, 2.05) is 30.3 Å². The van der Waals surface area contributed by atoms with Crippen molar-refractivity contribution in [1.82, 2.24) is 15.1 Å². The Labute approximate surface area is 139 Å². The van der Waals surface area contributed by atoms with Crippen LogP contribution in [0.4, 0.5) is 18.0 Å². The molecular weight excluding hydrogens is 323 g/mol. The lowest BCUT2D eigenvalue weighted by molar-refractivity contribution is -0.143. The summed E-state index contributed by atoms with van der Waals surface area (Å²) in [5.74, 6) is 0.727. The molecule has 5 nitrogen and oxygen atoms in total. The molecule has 0 spiro atoms. The zero-order valence-corrected chi connectivity index (χ0v) is 13.6. The first kappa shape index (κ1) is 18.4. The van der Waals surface area contributed by atoms with Gasteiger partial charge in [-0.05, 0) is 18.6 Å². The van der Waals surface area contributed by atoms with Crippen molar-refractivity contribution < 1.29 is 22.7 Å². The highest BCUT2D eigenvalue weighted by molar-refractivity contribution is 5.74. The molecule has 2 amide bonds. The SMILES string of the molecule is CN(CCOc1ccccc1)C(=O)N[C@@H]1CCN(CC(F)(F)F)C1. The van der Waals surface area contributed by atoms with Crippen molar-refractivity contribution in [1.29, 1.82) is 0 Å². The number of hydrogen-bond acceptors (Lipinski definition) is 3. The standard InChI is InChI=1S/C16H22F3N3O2/c1-21(9-10-24-14-5-3-2-4-6-14)15(23)20-13-7-8-22(11-13)12-16(17,18)19/h2-6,13H,7-12H2,1H3,(H,20,23)/t13-/m1/s1. The van der Waals surface area contributed by atoms with E-state index in [2.05, 4.69) is 5.32 Å². The van der Waals surface area contributed by atoms with E-state index in [1.165, 1.54) is 9.80 Å². The van der Waals surface area contributed by atoms with Gasteiger partial charge in [0.05, 0.1) is 13.1 Å². The van der Waals surface area contributed by atoms with E-state index in [9.17, 15) is 18.0 Å². The number of carbonyl (C=O) groups excluding carboxylic acids is 1. The smallest absolute Gasteiger partial charge is 0.401 e. The Morgan fingerprint density at radius 1 is 1.38 bits per heavy atom. The molecule has 8 heteroatoms. The zero-order valence-electron chi connectivity index (χ0n) is 13.6. The van der Waals surface area contributed by atoms with E-state index in [0.717, 1.165) is 5.75 Å². The van der Waals surface area contributed by atoms with E-state index in [0.29, 0.717) is 26.1 Å². The zero-order chi connectivity index (χ0) is 17.6. The van der Waals surface area contributed by atoms with Crippen molar-refractivity contribution in [3.05, 3.63) is 30.3 Å². The van der Waals surface area contributed by atoms with Crippen LogP contribution in [-0.2, 0) is 0 Å². The summed E-state index contributed by atoms with van der Waals surface area (Å²) < 4.78 is 42.6. The lowest BCUT2D eigenvalue weighted by Gasteiger charge is -2.22. The molecule has 1 N–H and O–H groups in total. The van der Waals surface area contributed by atoms with Gasteiger partial charge in [-0.1, -0.05) is 18.2 Å². The first-order valence-corrected chi connectivity index (χ1v) is 7.82. The second-order valence-corrected chi connectivity index (χ2v) is 5.87. The minimum Gasteiger partial charge on any atom is -0.492 e. The predicted molar refractivity (Wildman–Crippen MR) is 84.0 cm³/mol. The molecule has 1 atom stereocenters. The number of rotatable bonds is 6. The van der Waals surface area contributed by atoms with E-state index in [-0.39, 0.29) is 18.6 Å². The van der Waals surface area contributed by atoms with Crippen molar-refractivity contribution in [2.75, 3.05) is 39.8 Å². The average Bonchev–Trinajstić information content (AvgIpc) is 2.93. The van der Waals surface area contributed by atoms with Crippen molar-refractivity contribution in [2.24, 2.45) is 0 Å². The Balaban J connectivity index is 1.66. The molecule has 0 bridgehead atoms. The molecule has 0 aromatic heterocycles. The topological polar surface area (TPSA) is 44.8 Å². The summed E-state index contributed by atoms with van der Waals surface area (Å²) >= 11 is 0. The lowest BCUT2D eigenvalue weighted by atomic mass is 10.3. The van der Waals surface area contributed by atoms with Gasteiger partial charge in [-0.15, -0.1) is 0 Å². The van der Waals surface area contributed by atoms with E-state index < -0.39 is 12.7 Å². The summed E-state index contributed by atoms with van der Waals surface area (Å²) in [5, 5.41) is 2.77. The average molecular weight is 345 g/mol. The number of nitrogens with zero attached hydrogens (tertiary/aromatic N) is 2. The number of likely N-dealkylation sites (tertiary alicyclic amines) is 1. The van der Waals surface area contributed by atoms with Crippen LogP contribution in [0, 0.1) is 0 Å². The number of hydrogen-bond donors (Lipinski definition) is 1. The van der Waals surface area contributed by atoms with Crippen LogP contribution in [0.25, 0.3) is 0 Å². The number of para-hydroxylation sites is 1. The van der Waals surface area contributed by atoms with Crippen molar-refractivity contribution >= 4 is 6.03 Å². The number of carbonyl (C=O) groups is 1. The van der Waals surface area contributed by atoms with Gasteiger partial charge in [0, 0.05) is 26.2 Å². The lowest BCUT2D eigenvalue weighted by Crippen LogP contribution is -2.45. The van der Waals surface area contributed by atoms with Gasteiger partial charge < -0.3 is 15.0 Å². The third-order valence-corrected chi connectivity index (χ3v) is 3.79. The largest absolute Gasteiger partial charge is 0.492 e. The highest BCUT2D eigenvalue weighted by Crippen LogP contribution is 2.20. The molecule has 2 rings (SSSR count). The number of benzene rings is 1. The maximum atomic E-state index is 12.4. The maximum absolute atomic E-state index is 12.4. The summed E-state index contributed by atoms with van der Waals surface area (Å²) in [7, 11) is 1.63.